The van der Waals surface area contributed by atoms with Crippen molar-refractivity contribution in [2.45, 2.75) is 0 Å². The van der Waals surface area contributed by atoms with E-state index in [1.165, 1.54) is 58.8 Å². The maximum atomic E-state index is 2.37. The first-order chi connectivity index (χ1) is 22.3. The van der Waals surface area contributed by atoms with Gasteiger partial charge in [-0.1, -0.05) is 91.0 Å². The smallest absolute Gasteiger partial charge is 0.0541 e. The van der Waals surface area contributed by atoms with E-state index in [-0.39, 0.29) is 0 Å². The van der Waals surface area contributed by atoms with Gasteiger partial charge in [0.2, 0.25) is 0 Å². The van der Waals surface area contributed by atoms with Gasteiger partial charge in [-0.05, 0) is 90.0 Å². The van der Waals surface area contributed by atoms with Crippen LogP contribution in [0.5, 0.6) is 0 Å². The molecule has 2 nitrogen and oxygen atoms in total. The van der Waals surface area contributed by atoms with Gasteiger partial charge in [0.05, 0.1) is 11.0 Å². The fraction of sp³-hybridized carbons (Fsp3) is 0. The van der Waals surface area contributed by atoms with E-state index in [0.717, 1.165) is 17.1 Å². The molecule has 0 saturated carbocycles. The van der Waals surface area contributed by atoms with Crippen LogP contribution in [0.15, 0.2) is 170 Å². The minimum absolute atomic E-state index is 1.15. The van der Waals surface area contributed by atoms with Crippen molar-refractivity contribution in [1.29, 1.82) is 0 Å². The van der Waals surface area contributed by atoms with E-state index in [0.29, 0.717) is 0 Å². The predicted octanol–water partition coefficient (Wildman–Crippen LogP) is 12.3. The molecule has 9 aromatic rings. The number of hydrogen-bond donors (Lipinski definition) is 0. The van der Waals surface area contributed by atoms with Crippen molar-refractivity contribution in [2.75, 3.05) is 4.90 Å². The van der Waals surface area contributed by atoms with E-state index in [4.69, 9.17) is 0 Å². The summed E-state index contributed by atoms with van der Waals surface area (Å²) in [7, 11) is 0. The number of fused-ring (bicyclic) bond motifs is 6. The van der Waals surface area contributed by atoms with Crippen LogP contribution in [0.3, 0.4) is 0 Å². The zero-order valence-electron chi connectivity index (χ0n) is 24.5. The minimum Gasteiger partial charge on any atom is -0.310 e. The van der Waals surface area contributed by atoms with Crippen LogP contribution in [0.1, 0.15) is 0 Å². The van der Waals surface area contributed by atoms with Gasteiger partial charge in [-0.3, -0.25) is 0 Å². The Balaban J connectivity index is 1.16. The van der Waals surface area contributed by atoms with Crippen molar-refractivity contribution in [1.82, 2.24) is 4.57 Å². The number of hydrogen-bond acceptors (Lipinski definition) is 2. The largest absolute Gasteiger partial charge is 0.310 e. The molecule has 0 aliphatic heterocycles. The van der Waals surface area contributed by atoms with Gasteiger partial charge >= 0.3 is 0 Å². The standard InChI is InChI=1S/C42H28N2S/c1-4-12-31(13-5-1)43(32-14-6-2-7-15-32)34-22-23-36-38-27-30(21-25-41(38)45-42(36)28-34)29-20-24-40-37(26-29)35-18-10-11-19-39(35)44(40)33-16-8-3-9-17-33/h1-28H. The predicted molar refractivity (Wildman–Crippen MR) is 194 cm³/mol. The highest BCUT2D eigenvalue weighted by Crippen LogP contribution is 2.42. The number of thiophene rings is 1. The second-order valence-corrected chi connectivity index (χ2v) is 12.5. The van der Waals surface area contributed by atoms with E-state index in [1.807, 2.05) is 11.3 Å². The van der Waals surface area contributed by atoms with Crippen LogP contribution in [-0.2, 0) is 0 Å². The van der Waals surface area contributed by atoms with Crippen LogP contribution < -0.4 is 4.90 Å². The van der Waals surface area contributed by atoms with Crippen molar-refractivity contribution in [2.24, 2.45) is 0 Å². The third-order valence-electron chi connectivity index (χ3n) is 8.76. The average Bonchev–Trinajstić information content (AvgIpc) is 3.64. The number of para-hydroxylation sites is 4. The van der Waals surface area contributed by atoms with E-state index in [2.05, 4.69) is 179 Å². The molecule has 0 radical (unpaired) electrons. The topological polar surface area (TPSA) is 8.17 Å². The number of aromatic nitrogens is 1. The summed E-state index contributed by atoms with van der Waals surface area (Å²) in [5.74, 6) is 0. The van der Waals surface area contributed by atoms with Crippen molar-refractivity contribution in [3.63, 3.8) is 0 Å². The van der Waals surface area contributed by atoms with Crippen molar-refractivity contribution < 1.29 is 0 Å². The summed E-state index contributed by atoms with van der Waals surface area (Å²) in [5, 5.41) is 5.14. The van der Waals surface area contributed by atoms with Crippen LogP contribution in [-0.4, -0.2) is 4.57 Å². The Morgan fingerprint density at radius 2 is 0.978 bits per heavy atom. The zero-order valence-corrected chi connectivity index (χ0v) is 25.3. The molecule has 7 aromatic carbocycles. The lowest BCUT2D eigenvalue weighted by molar-refractivity contribution is 1.18. The van der Waals surface area contributed by atoms with Gasteiger partial charge in [-0.15, -0.1) is 11.3 Å². The summed E-state index contributed by atoms with van der Waals surface area (Å²) in [6, 6.07) is 61.3. The van der Waals surface area contributed by atoms with Crippen molar-refractivity contribution in [3.05, 3.63) is 170 Å². The third-order valence-corrected chi connectivity index (χ3v) is 9.90. The van der Waals surface area contributed by atoms with Crippen LogP contribution in [0.25, 0.3) is 58.8 Å². The fourth-order valence-electron chi connectivity index (χ4n) is 6.69. The Kier molecular flexibility index (Phi) is 6.03. The van der Waals surface area contributed by atoms with Crippen molar-refractivity contribution >= 4 is 70.4 Å². The van der Waals surface area contributed by atoms with E-state index >= 15 is 0 Å². The van der Waals surface area contributed by atoms with Gasteiger partial charge in [0.25, 0.3) is 0 Å². The molecule has 0 atom stereocenters. The highest BCUT2D eigenvalue weighted by atomic mass is 32.1. The molecule has 0 bridgehead atoms. The van der Waals surface area contributed by atoms with Crippen LogP contribution in [0, 0.1) is 0 Å². The second-order valence-electron chi connectivity index (χ2n) is 11.4. The normalized spacial score (nSPS) is 11.6. The van der Waals surface area contributed by atoms with Gasteiger partial charge in [0, 0.05) is 53.7 Å². The Bertz CT molecular complexity index is 2440. The van der Waals surface area contributed by atoms with Crippen molar-refractivity contribution in [3.8, 4) is 16.8 Å². The number of benzene rings is 7. The number of rotatable bonds is 5. The first-order valence-electron chi connectivity index (χ1n) is 15.3. The molecule has 2 aromatic heterocycles. The lowest BCUT2D eigenvalue weighted by Gasteiger charge is -2.25. The quantitative estimate of drug-likeness (QED) is 0.193. The molecule has 2 heterocycles. The molecule has 212 valence electrons. The molecule has 9 rings (SSSR count). The van der Waals surface area contributed by atoms with E-state index < -0.39 is 0 Å². The first-order valence-corrected chi connectivity index (χ1v) is 16.1. The number of anilines is 3. The monoisotopic (exact) mass is 592 g/mol. The highest BCUT2D eigenvalue weighted by Gasteiger charge is 2.16. The van der Waals surface area contributed by atoms with Gasteiger partial charge in [-0.2, -0.15) is 0 Å². The summed E-state index contributed by atoms with van der Waals surface area (Å²) in [5.41, 5.74) is 9.56. The molecule has 45 heavy (non-hydrogen) atoms. The summed E-state index contributed by atoms with van der Waals surface area (Å²) < 4.78 is 4.96. The van der Waals surface area contributed by atoms with E-state index in [9.17, 15) is 0 Å². The van der Waals surface area contributed by atoms with Crippen LogP contribution >= 0.6 is 11.3 Å². The summed E-state index contributed by atoms with van der Waals surface area (Å²) in [6.07, 6.45) is 0. The highest BCUT2D eigenvalue weighted by molar-refractivity contribution is 7.25. The fourth-order valence-corrected chi connectivity index (χ4v) is 7.81. The van der Waals surface area contributed by atoms with E-state index in [1.54, 1.807) is 0 Å². The minimum atomic E-state index is 1.15. The number of nitrogens with zero attached hydrogens (tertiary/aromatic N) is 2. The van der Waals surface area contributed by atoms with Crippen LogP contribution in [0.4, 0.5) is 17.1 Å². The Morgan fingerprint density at radius 3 is 1.71 bits per heavy atom. The Morgan fingerprint density at radius 1 is 0.378 bits per heavy atom. The third kappa shape index (κ3) is 4.32. The zero-order chi connectivity index (χ0) is 29.7. The Labute approximate surface area is 265 Å². The molecular weight excluding hydrogens is 565 g/mol. The molecule has 0 N–H and O–H groups in total. The Hall–Kier alpha value is -5.64. The van der Waals surface area contributed by atoms with Gasteiger partial charge in [0.1, 0.15) is 0 Å². The molecule has 0 fully saturated rings. The second kappa shape index (κ2) is 10.5. The maximum Gasteiger partial charge on any atom is 0.0541 e. The maximum absolute atomic E-state index is 2.37. The SMILES string of the molecule is c1ccc(N(c2ccccc2)c2ccc3c(c2)sc2ccc(-c4ccc5c(c4)c4ccccc4n5-c4ccccc4)cc23)cc1. The lowest BCUT2D eigenvalue weighted by atomic mass is 10.0. The molecule has 0 spiro atoms. The molecule has 0 saturated heterocycles. The summed E-state index contributed by atoms with van der Waals surface area (Å²) in [4.78, 5) is 2.33. The summed E-state index contributed by atoms with van der Waals surface area (Å²) in [6.45, 7) is 0. The summed E-state index contributed by atoms with van der Waals surface area (Å²) >= 11 is 1.86. The first kappa shape index (κ1) is 25.8. The molecule has 0 unspecified atom stereocenters. The molecule has 0 aliphatic carbocycles. The molecule has 3 heteroatoms. The van der Waals surface area contributed by atoms with Gasteiger partial charge in [0.15, 0.2) is 0 Å². The average molecular weight is 593 g/mol. The molecule has 0 amide bonds. The van der Waals surface area contributed by atoms with Gasteiger partial charge in [-0.25, -0.2) is 0 Å². The molecular formula is C42H28N2S. The molecule has 0 aliphatic rings. The lowest BCUT2D eigenvalue weighted by Crippen LogP contribution is -2.09. The van der Waals surface area contributed by atoms with Crippen LogP contribution in [0.2, 0.25) is 0 Å². The van der Waals surface area contributed by atoms with Gasteiger partial charge < -0.3 is 9.47 Å².